The molecule has 0 unspecified atom stereocenters. The van der Waals surface area contributed by atoms with Gasteiger partial charge in [-0.1, -0.05) is 32.0 Å². The molecule has 186 valence electrons. The van der Waals surface area contributed by atoms with Crippen molar-refractivity contribution in [2.75, 3.05) is 32.8 Å². The molecule has 9 nitrogen and oxygen atoms in total. The number of non-ortho nitro benzene ring substituents is 1. The molecule has 0 radical (unpaired) electrons. The van der Waals surface area contributed by atoms with E-state index in [0.717, 1.165) is 42.5 Å². The van der Waals surface area contributed by atoms with E-state index in [1.807, 2.05) is 30.3 Å². The van der Waals surface area contributed by atoms with E-state index >= 15 is 0 Å². The van der Waals surface area contributed by atoms with Crippen LogP contribution in [0.15, 0.2) is 59.4 Å². The molecule has 0 saturated heterocycles. The molecule has 0 amide bonds. The van der Waals surface area contributed by atoms with Crippen molar-refractivity contribution in [3.05, 3.63) is 80.6 Å². The average Bonchev–Trinajstić information content (AvgIpc) is 3.20. The highest BCUT2D eigenvalue weighted by Gasteiger charge is 2.19. The van der Waals surface area contributed by atoms with Gasteiger partial charge in [-0.25, -0.2) is 0 Å². The first-order valence-electron chi connectivity index (χ1n) is 12.1. The van der Waals surface area contributed by atoms with Gasteiger partial charge in [0.05, 0.1) is 34.7 Å². The molecule has 4 rings (SSSR count). The molecule has 0 spiro atoms. The maximum Gasteiger partial charge on any atom is 0.273 e. The molecule has 0 atom stereocenters. The molecule has 4 aromatic rings. The number of nitro benzene ring substituents is 1. The van der Waals surface area contributed by atoms with Crippen molar-refractivity contribution < 1.29 is 9.66 Å². The Hall–Kier alpha value is -4.00. The highest BCUT2D eigenvalue weighted by Crippen LogP contribution is 2.30. The molecule has 0 aliphatic rings. The lowest BCUT2D eigenvalue weighted by Gasteiger charge is -2.19. The zero-order valence-corrected chi connectivity index (χ0v) is 20.5. The van der Waals surface area contributed by atoms with Gasteiger partial charge < -0.3 is 14.2 Å². The summed E-state index contributed by atoms with van der Waals surface area (Å²) in [7, 11) is 0. The van der Waals surface area contributed by atoms with Crippen LogP contribution in [0.1, 0.15) is 25.8 Å². The van der Waals surface area contributed by atoms with Crippen LogP contribution in [0, 0.1) is 21.4 Å². The Morgan fingerprint density at radius 3 is 2.47 bits per heavy atom. The van der Waals surface area contributed by atoms with Gasteiger partial charge in [0.1, 0.15) is 11.6 Å². The van der Waals surface area contributed by atoms with Gasteiger partial charge in [-0.05, 0) is 43.8 Å². The summed E-state index contributed by atoms with van der Waals surface area (Å²) in [5.74, 6) is 0. The second-order valence-electron chi connectivity index (χ2n) is 8.53. The fourth-order valence-electron chi connectivity index (χ4n) is 4.59. The molecule has 0 aliphatic heterocycles. The van der Waals surface area contributed by atoms with E-state index in [0.29, 0.717) is 31.0 Å². The molecule has 36 heavy (non-hydrogen) atoms. The number of nitro groups is 1. The fraction of sp³-hybridized carbons (Fsp3) is 0.333. The lowest BCUT2D eigenvalue weighted by atomic mass is 10.2. The van der Waals surface area contributed by atoms with Gasteiger partial charge in [0, 0.05) is 36.3 Å². The highest BCUT2D eigenvalue weighted by atomic mass is 16.6. The quantitative estimate of drug-likeness (QED) is 0.175. The summed E-state index contributed by atoms with van der Waals surface area (Å²) in [6.45, 7) is 8.87. The molecule has 0 fully saturated rings. The fourth-order valence-corrected chi connectivity index (χ4v) is 4.59. The van der Waals surface area contributed by atoms with E-state index in [2.05, 4.69) is 23.3 Å². The largest absolute Gasteiger partial charge is 0.378 e. The molecule has 0 N–H and O–H groups in total. The van der Waals surface area contributed by atoms with Crippen LogP contribution >= 0.6 is 0 Å². The summed E-state index contributed by atoms with van der Waals surface area (Å²) >= 11 is 0. The third-order valence-electron chi connectivity index (χ3n) is 6.36. The maximum absolute atomic E-state index is 13.3. The number of ether oxygens (including phenoxy) is 1. The molecule has 2 heterocycles. The van der Waals surface area contributed by atoms with E-state index in [-0.39, 0.29) is 11.3 Å². The van der Waals surface area contributed by atoms with Crippen LogP contribution in [0.3, 0.4) is 0 Å². The minimum atomic E-state index is -0.484. The first-order valence-corrected chi connectivity index (χ1v) is 12.1. The number of para-hydroxylation sites is 1. The predicted octanol–water partition coefficient (Wildman–Crippen LogP) is 4.47. The van der Waals surface area contributed by atoms with Crippen molar-refractivity contribution in [2.24, 2.45) is 0 Å². The Balaban J connectivity index is 1.76. The minimum absolute atomic E-state index is 0.00369. The maximum atomic E-state index is 13.3. The zero-order valence-electron chi connectivity index (χ0n) is 20.5. The highest BCUT2D eigenvalue weighted by molar-refractivity contribution is 6.07. The lowest BCUT2D eigenvalue weighted by Crippen LogP contribution is -2.28. The smallest absolute Gasteiger partial charge is 0.273 e. The van der Waals surface area contributed by atoms with Gasteiger partial charge in [0.15, 0.2) is 0 Å². The molecule has 0 aliphatic carbocycles. The van der Waals surface area contributed by atoms with Crippen LogP contribution in [0.4, 0.5) is 5.69 Å². The van der Waals surface area contributed by atoms with Crippen molar-refractivity contribution in [3.8, 4) is 11.8 Å². The Labute approximate surface area is 208 Å². The summed E-state index contributed by atoms with van der Waals surface area (Å²) in [4.78, 5) is 26.3. The van der Waals surface area contributed by atoms with Crippen LogP contribution in [-0.2, 0) is 11.3 Å². The van der Waals surface area contributed by atoms with Gasteiger partial charge in [0.2, 0.25) is 0 Å². The molecular formula is C27H29N5O4. The first-order chi connectivity index (χ1) is 17.5. The number of nitriles is 1. The molecule has 2 aromatic heterocycles. The number of hydrogen-bond acceptors (Lipinski definition) is 6. The van der Waals surface area contributed by atoms with Crippen molar-refractivity contribution in [3.63, 3.8) is 0 Å². The third-order valence-corrected chi connectivity index (χ3v) is 6.36. The second-order valence-corrected chi connectivity index (χ2v) is 8.53. The molecular weight excluding hydrogens is 458 g/mol. The van der Waals surface area contributed by atoms with Crippen molar-refractivity contribution in [1.82, 2.24) is 14.0 Å². The van der Waals surface area contributed by atoms with Crippen LogP contribution in [0.25, 0.3) is 27.6 Å². The van der Waals surface area contributed by atoms with Gasteiger partial charge >= 0.3 is 0 Å². The standard InChI is InChI=1S/C27H29N5O4/c1-3-13-29(4-2)14-16-36-17-15-30-24-8-6-5-7-23(24)26-25(30)18-20(19-28)27(33)31(26)21-9-11-22(12-10-21)32(34)35/h5-12,18H,3-4,13-17H2,1-2H3. The Morgan fingerprint density at radius 1 is 1.06 bits per heavy atom. The van der Waals surface area contributed by atoms with Crippen molar-refractivity contribution in [1.29, 1.82) is 5.26 Å². The number of nitrogens with zero attached hydrogens (tertiary/aromatic N) is 5. The first kappa shape index (κ1) is 25.1. The average molecular weight is 488 g/mol. The van der Waals surface area contributed by atoms with Crippen LogP contribution in [0.2, 0.25) is 0 Å². The Morgan fingerprint density at radius 2 is 1.81 bits per heavy atom. The molecule has 0 bridgehead atoms. The number of aromatic nitrogens is 2. The van der Waals surface area contributed by atoms with E-state index < -0.39 is 10.5 Å². The third kappa shape index (κ3) is 4.87. The Kier molecular flexibility index (Phi) is 7.78. The van der Waals surface area contributed by atoms with Gasteiger partial charge in [-0.2, -0.15) is 5.26 Å². The monoisotopic (exact) mass is 487 g/mol. The minimum Gasteiger partial charge on any atom is -0.378 e. The summed E-state index contributed by atoms with van der Waals surface area (Å²) < 4.78 is 9.49. The number of pyridine rings is 1. The second kappa shape index (κ2) is 11.2. The number of rotatable bonds is 11. The van der Waals surface area contributed by atoms with Crippen molar-refractivity contribution >= 4 is 27.6 Å². The van der Waals surface area contributed by atoms with Crippen molar-refractivity contribution in [2.45, 2.75) is 26.8 Å². The van der Waals surface area contributed by atoms with Gasteiger partial charge in [0.25, 0.3) is 11.2 Å². The predicted molar refractivity (Wildman–Crippen MR) is 140 cm³/mol. The van der Waals surface area contributed by atoms with Crippen LogP contribution < -0.4 is 5.56 Å². The van der Waals surface area contributed by atoms with Crippen LogP contribution in [0.5, 0.6) is 0 Å². The number of hydrogen-bond donors (Lipinski definition) is 0. The van der Waals surface area contributed by atoms with Crippen LogP contribution in [-0.4, -0.2) is 51.8 Å². The van der Waals surface area contributed by atoms with E-state index in [1.165, 1.54) is 28.8 Å². The summed E-state index contributed by atoms with van der Waals surface area (Å²) in [5.41, 5.74) is 2.24. The SMILES string of the molecule is CCCN(CC)CCOCCn1c2ccccc2c2c1cc(C#N)c(=O)n2-c1ccc([N+](=O)[O-])cc1. The summed E-state index contributed by atoms with van der Waals surface area (Å²) in [6, 6.07) is 17.2. The molecule has 0 saturated carbocycles. The zero-order chi connectivity index (χ0) is 25.7. The number of likely N-dealkylation sites (N-methyl/N-ethyl adjacent to an activating group) is 1. The lowest BCUT2D eigenvalue weighted by molar-refractivity contribution is -0.384. The Bertz CT molecular complexity index is 1480. The van der Waals surface area contributed by atoms with E-state index in [4.69, 9.17) is 4.74 Å². The molecule has 2 aromatic carbocycles. The number of fused-ring (bicyclic) bond motifs is 3. The summed E-state index contributed by atoms with van der Waals surface area (Å²) in [5, 5.41) is 21.7. The summed E-state index contributed by atoms with van der Waals surface area (Å²) in [6.07, 6.45) is 1.10. The van der Waals surface area contributed by atoms with E-state index in [1.54, 1.807) is 6.07 Å². The normalized spacial score (nSPS) is 11.4. The molecule has 9 heteroatoms. The number of benzene rings is 2. The van der Waals surface area contributed by atoms with Gasteiger partial charge in [-0.3, -0.25) is 19.5 Å². The van der Waals surface area contributed by atoms with Gasteiger partial charge in [-0.15, -0.1) is 0 Å². The van der Waals surface area contributed by atoms with E-state index in [9.17, 15) is 20.2 Å². The topological polar surface area (TPSA) is 106 Å².